The number of carboxylic acids is 1. The number of pyridine rings is 1. The highest BCUT2D eigenvalue weighted by molar-refractivity contribution is 7.99. The van der Waals surface area contributed by atoms with Crippen molar-refractivity contribution in [2.45, 2.75) is 37.2 Å². The third kappa shape index (κ3) is 3.18. The molecule has 0 atom stereocenters. The zero-order valence-electron chi connectivity index (χ0n) is 11.8. The number of aryl methyl sites for hydroxylation is 3. The van der Waals surface area contributed by atoms with Gasteiger partial charge in [-0.25, -0.2) is 24.1 Å². The van der Waals surface area contributed by atoms with Gasteiger partial charge in [0.25, 0.3) is 0 Å². The zero-order valence-corrected chi connectivity index (χ0v) is 12.7. The molecule has 5 nitrogen and oxygen atoms in total. The molecule has 0 spiro atoms. The number of aromatic nitrogens is 3. The van der Waals surface area contributed by atoms with Gasteiger partial charge in [-0.2, -0.15) is 0 Å². The number of aromatic carboxylic acids is 1. The fourth-order valence-corrected chi connectivity index (χ4v) is 2.96. The number of halogens is 1. The molecule has 2 aromatic heterocycles. The highest BCUT2D eigenvalue weighted by atomic mass is 32.2. The summed E-state index contributed by atoms with van der Waals surface area (Å²) < 4.78 is 14.2. The molecule has 0 aromatic carbocycles. The first-order valence-electron chi connectivity index (χ1n) is 6.32. The van der Waals surface area contributed by atoms with E-state index < -0.39 is 11.8 Å². The molecule has 110 valence electrons. The summed E-state index contributed by atoms with van der Waals surface area (Å²) in [6.45, 7) is 5.24. The number of rotatable bonds is 4. The normalized spacial score (nSPS) is 10.7. The number of nitrogens with zero attached hydrogens (tertiary/aromatic N) is 3. The van der Waals surface area contributed by atoms with Gasteiger partial charge in [0.05, 0.1) is 11.3 Å². The summed E-state index contributed by atoms with van der Waals surface area (Å²) in [5, 5.41) is 9.63. The van der Waals surface area contributed by atoms with Crippen molar-refractivity contribution in [1.29, 1.82) is 0 Å². The zero-order chi connectivity index (χ0) is 15.6. The minimum Gasteiger partial charge on any atom is -0.478 e. The van der Waals surface area contributed by atoms with Crippen molar-refractivity contribution in [3.05, 3.63) is 40.7 Å². The lowest BCUT2D eigenvalue weighted by molar-refractivity contribution is 0.0691. The Morgan fingerprint density at radius 3 is 2.67 bits per heavy atom. The number of hydrogen-bond acceptors (Lipinski definition) is 5. The monoisotopic (exact) mass is 307 g/mol. The molecule has 0 aliphatic heterocycles. The molecule has 2 heterocycles. The van der Waals surface area contributed by atoms with Crippen molar-refractivity contribution in [1.82, 2.24) is 15.0 Å². The van der Waals surface area contributed by atoms with Crippen LogP contribution in [0.1, 0.15) is 34.2 Å². The Hall–Kier alpha value is -2.02. The van der Waals surface area contributed by atoms with Gasteiger partial charge in [0.15, 0.2) is 5.82 Å². The third-order valence-corrected chi connectivity index (χ3v) is 3.85. The Kier molecular flexibility index (Phi) is 4.52. The van der Waals surface area contributed by atoms with Crippen LogP contribution in [0.5, 0.6) is 0 Å². The van der Waals surface area contributed by atoms with Crippen molar-refractivity contribution in [3.63, 3.8) is 0 Å². The molecule has 0 saturated carbocycles. The van der Waals surface area contributed by atoms with Gasteiger partial charge in [-0.05, 0) is 43.7 Å². The topological polar surface area (TPSA) is 76.0 Å². The second-order valence-corrected chi connectivity index (χ2v) is 5.44. The van der Waals surface area contributed by atoms with E-state index in [1.165, 1.54) is 6.33 Å². The maximum Gasteiger partial charge on any atom is 0.338 e. The molecule has 0 amide bonds. The van der Waals surface area contributed by atoms with Gasteiger partial charge in [-0.1, -0.05) is 6.92 Å². The highest BCUT2D eigenvalue weighted by Gasteiger charge is 2.19. The SMILES string of the molecule is CCc1ncnc(Sc2nc(C)cc(C)c2C(=O)O)c1F. The van der Waals surface area contributed by atoms with E-state index in [1.807, 2.05) is 0 Å². The number of hydrogen-bond donors (Lipinski definition) is 1. The van der Waals surface area contributed by atoms with E-state index >= 15 is 0 Å². The summed E-state index contributed by atoms with van der Waals surface area (Å²) in [6, 6.07) is 1.68. The summed E-state index contributed by atoms with van der Waals surface area (Å²) >= 11 is 0.909. The molecule has 7 heteroatoms. The largest absolute Gasteiger partial charge is 0.478 e. The second kappa shape index (κ2) is 6.17. The van der Waals surface area contributed by atoms with Gasteiger partial charge in [-0.15, -0.1) is 0 Å². The average Bonchev–Trinajstić information content (AvgIpc) is 2.39. The van der Waals surface area contributed by atoms with Crippen LogP contribution in [0.25, 0.3) is 0 Å². The van der Waals surface area contributed by atoms with Crippen LogP contribution in [0.2, 0.25) is 0 Å². The Morgan fingerprint density at radius 2 is 2.05 bits per heavy atom. The fourth-order valence-electron chi connectivity index (χ4n) is 1.93. The van der Waals surface area contributed by atoms with E-state index in [1.54, 1.807) is 26.8 Å². The lowest BCUT2D eigenvalue weighted by Crippen LogP contribution is -2.06. The molecule has 0 bridgehead atoms. The van der Waals surface area contributed by atoms with E-state index in [4.69, 9.17) is 0 Å². The first kappa shape index (κ1) is 15.4. The Morgan fingerprint density at radius 1 is 1.33 bits per heavy atom. The molecule has 2 rings (SSSR count). The Balaban J connectivity index is 2.52. The van der Waals surface area contributed by atoms with Gasteiger partial charge >= 0.3 is 5.97 Å². The van der Waals surface area contributed by atoms with Crippen molar-refractivity contribution in [2.24, 2.45) is 0 Å². The molecule has 0 fully saturated rings. The predicted octanol–water partition coefficient (Wildman–Crippen LogP) is 3.04. The van der Waals surface area contributed by atoms with Crippen molar-refractivity contribution in [3.8, 4) is 0 Å². The average molecular weight is 307 g/mol. The number of carboxylic acid groups (broad SMARTS) is 1. The first-order valence-corrected chi connectivity index (χ1v) is 7.14. The molecular formula is C14H14FN3O2S. The Bertz CT molecular complexity index is 707. The van der Waals surface area contributed by atoms with E-state index in [0.717, 1.165) is 11.8 Å². The molecule has 0 saturated heterocycles. The van der Waals surface area contributed by atoms with Crippen LogP contribution in [0.15, 0.2) is 22.4 Å². The van der Waals surface area contributed by atoms with Crippen LogP contribution >= 0.6 is 11.8 Å². The molecule has 21 heavy (non-hydrogen) atoms. The van der Waals surface area contributed by atoms with Crippen LogP contribution in [0.4, 0.5) is 4.39 Å². The summed E-state index contributed by atoms with van der Waals surface area (Å²) in [5.74, 6) is -1.62. The van der Waals surface area contributed by atoms with Crippen molar-refractivity contribution < 1.29 is 14.3 Å². The van der Waals surface area contributed by atoms with E-state index in [0.29, 0.717) is 23.4 Å². The smallest absolute Gasteiger partial charge is 0.338 e. The standard InChI is InChI=1S/C14H14FN3O2S/c1-4-9-11(15)13(17-6-16-9)21-12-10(14(19)20)7(2)5-8(3)18-12/h5-6H,4H2,1-3H3,(H,19,20). The van der Waals surface area contributed by atoms with E-state index in [-0.39, 0.29) is 15.6 Å². The summed E-state index contributed by atoms with van der Waals surface area (Å²) in [4.78, 5) is 23.3. The summed E-state index contributed by atoms with van der Waals surface area (Å²) in [6.07, 6.45) is 1.71. The van der Waals surface area contributed by atoms with Gasteiger partial charge in [0.1, 0.15) is 16.4 Å². The van der Waals surface area contributed by atoms with Crippen LogP contribution in [-0.2, 0) is 6.42 Å². The minimum atomic E-state index is -1.09. The van der Waals surface area contributed by atoms with Crippen LogP contribution in [0.3, 0.4) is 0 Å². The molecule has 0 aliphatic rings. The lowest BCUT2D eigenvalue weighted by Gasteiger charge is -2.10. The van der Waals surface area contributed by atoms with Gasteiger partial charge in [0.2, 0.25) is 0 Å². The van der Waals surface area contributed by atoms with E-state index in [2.05, 4.69) is 15.0 Å². The maximum atomic E-state index is 14.2. The second-order valence-electron chi connectivity index (χ2n) is 4.46. The van der Waals surface area contributed by atoms with Gasteiger partial charge in [0, 0.05) is 5.69 Å². The van der Waals surface area contributed by atoms with Crippen LogP contribution in [-0.4, -0.2) is 26.0 Å². The quantitative estimate of drug-likeness (QED) is 0.875. The molecular weight excluding hydrogens is 293 g/mol. The van der Waals surface area contributed by atoms with Crippen molar-refractivity contribution in [2.75, 3.05) is 0 Å². The molecule has 0 radical (unpaired) electrons. The molecule has 0 unspecified atom stereocenters. The van der Waals surface area contributed by atoms with Gasteiger partial charge < -0.3 is 5.11 Å². The van der Waals surface area contributed by atoms with E-state index in [9.17, 15) is 14.3 Å². The minimum absolute atomic E-state index is 0.0710. The maximum absolute atomic E-state index is 14.2. The van der Waals surface area contributed by atoms with Crippen LogP contribution in [0, 0.1) is 19.7 Å². The van der Waals surface area contributed by atoms with Gasteiger partial charge in [-0.3, -0.25) is 0 Å². The summed E-state index contributed by atoms with van der Waals surface area (Å²) in [7, 11) is 0. The predicted molar refractivity (Wildman–Crippen MR) is 76.2 cm³/mol. The van der Waals surface area contributed by atoms with Crippen molar-refractivity contribution >= 4 is 17.7 Å². The lowest BCUT2D eigenvalue weighted by atomic mass is 10.1. The van der Waals surface area contributed by atoms with Crippen LogP contribution < -0.4 is 0 Å². The third-order valence-electron chi connectivity index (χ3n) is 2.88. The Labute approximate surface area is 125 Å². The molecule has 1 N–H and O–H groups in total. The molecule has 2 aromatic rings. The fraction of sp³-hybridized carbons (Fsp3) is 0.286. The molecule has 0 aliphatic carbocycles. The number of carbonyl (C=O) groups is 1. The summed E-state index contributed by atoms with van der Waals surface area (Å²) in [5.41, 5.74) is 1.63. The highest BCUT2D eigenvalue weighted by Crippen LogP contribution is 2.31. The first-order chi connectivity index (χ1) is 9.93.